The van der Waals surface area contributed by atoms with Crippen LogP contribution in [0, 0.1) is 0 Å². The third-order valence-electron chi connectivity index (χ3n) is 3.82. The summed E-state index contributed by atoms with van der Waals surface area (Å²) in [5.74, 6) is -0.786. The molecule has 22 heavy (non-hydrogen) atoms. The van der Waals surface area contributed by atoms with E-state index in [1.54, 1.807) is 6.92 Å². The molecule has 2 unspecified atom stereocenters. The number of esters is 1. The predicted octanol–water partition coefficient (Wildman–Crippen LogP) is 2.59. The SMILES string of the molecule is CCOC(=O)Cn1nc(C(F)(F)F)c2c1CC(F)C2(C)CF. The van der Waals surface area contributed by atoms with Crippen molar-refractivity contribution in [3.8, 4) is 0 Å². The van der Waals surface area contributed by atoms with E-state index in [0.29, 0.717) is 0 Å². The Labute approximate surface area is 123 Å². The van der Waals surface area contributed by atoms with Crippen LogP contribution < -0.4 is 0 Å². The summed E-state index contributed by atoms with van der Waals surface area (Å²) in [5.41, 5.74) is -3.85. The summed E-state index contributed by atoms with van der Waals surface area (Å²) >= 11 is 0. The van der Waals surface area contributed by atoms with Crippen molar-refractivity contribution >= 4 is 5.97 Å². The van der Waals surface area contributed by atoms with E-state index in [1.807, 2.05) is 0 Å². The number of rotatable bonds is 4. The molecule has 1 aromatic heterocycles. The largest absolute Gasteiger partial charge is 0.465 e. The third-order valence-corrected chi connectivity index (χ3v) is 3.82. The van der Waals surface area contributed by atoms with Crippen LogP contribution in [0.25, 0.3) is 0 Å². The fraction of sp³-hybridized carbons (Fsp3) is 0.692. The lowest BCUT2D eigenvalue weighted by Crippen LogP contribution is -2.34. The van der Waals surface area contributed by atoms with Crippen molar-refractivity contribution in [2.45, 2.75) is 44.6 Å². The Kier molecular flexibility index (Phi) is 4.18. The smallest absolute Gasteiger partial charge is 0.435 e. The van der Waals surface area contributed by atoms with Crippen molar-refractivity contribution in [1.82, 2.24) is 9.78 Å². The lowest BCUT2D eigenvalue weighted by molar-refractivity contribution is -0.146. The molecule has 1 aliphatic rings. The molecule has 0 fully saturated rings. The highest BCUT2D eigenvalue weighted by atomic mass is 19.4. The van der Waals surface area contributed by atoms with E-state index in [4.69, 9.17) is 0 Å². The average molecular weight is 326 g/mol. The normalized spacial score (nSPS) is 24.4. The van der Waals surface area contributed by atoms with E-state index < -0.39 is 54.6 Å². The zero-order valence-corrected chi connectivity index (χ0v) is 12.0. The molecular weight excluding hydrogens is 311 g/mol. The fourth-order valence-corrected chi connectivity index (χ4v) is 2.66. The van der Waals surface area contributed by atoms with Gasteiger partial charge in [0, 0.05) is 17.7 Å². The maximum atomic E-state index is 14.1. The van der Waals surface area contributed by atoms with Crippen molar-refractivity contribution in [2.24, 2.45) is 0 Å². The molecule has 0 amide bonds. The first-order chi connectivity index (χ1) is 10.1. The Morgan fingerprint density at radius 2 is 2.14 bits per heavy atom. The number of aromatic nitrogens is 2. The minimum atomic E-state index is -4.86. The van der Waals surface area contributed by atoms with Crippen molar-refractivity contribution in [1.29, 1.82) is 0 Å². The molecule has 0 aliphatic heterocycles. The minimum Gasteiger partial charge on any atom is -0.465 e. The molecular formula is C13H15F5N2O2. The zero-order chi connectivity index (χ0) is 16.7. The van der Waals surface area contributed by atoms with Gasteiger partial charge in [-0.2, -0.15) is 18.3 Å². The molecule has 9 heteroatoms. The number of halogens is 5. The highest BCUT2D eigenvalue weighted by molar-refractivity contribution is 5.69. The topological polar surface area (TPSA) is 44.1 Å². The molecule has 2 rings (SSSR count). The van der Waals surface area contributed by atoms with Gasteiger partial charge in [-0.25, -0.2) is 4.39 Å². The van der Waals surface area contributed by atoms with Crippen LogP contribution in [0.3, 0.4) is 0 Å². The Hall–Kier alpha value is -1.67. The molecule has 0 bridgehead atoms. The molecule has 1 aromatic rings. The first kappa shape index (κ1) is 16.7. The van der Waals surface area contributed by atoms with Gasteiger partial charge in [0.15, 0.2) is 5.69 Å². The van der Waals surface area contributed by atoms with Gasteiger partial charge in [0.25, 0.3) is 0 Å². The maximum Gasteiger partial charge on any atom is 0.435 e. The molecule has 124 valence electrons. The monoisotopic (exact) mass is 326 g/mol. The summed E-state index contributed by atoms with van der Waals surface area (Å²) in [6, 6.07) is 0. The minimum absolute atomic E-state index is 0.0579. The van der Waals surface area contributed by atoms with Gasteiger partial charge in [0.1, 0.15) is 19.4 Å². The van der Waals surface area contributed by atoms with E-state index in [0.717, 1.165) is 11.6 Å². The number of carbonyl (C=O) groups is 1. The average Bonchev–Trinajstić information content (AvgIpc) is 2.88. The highest BCUT2D eigenvalue weighted by Crippen LogP contribution is 2.47. The van der Waals surface area contributed by atoms with E-state index in [9.17, 15) is 26.7 Å². The van der Waals surface area contributed by atoms with Crippen LogP contribution in [0.2, 0.25) is 0 Å². The molecule has 1 aliphatic carbocycles. The van der Waals surface area contributed by atoms with E-state index in [2.05, 4.69) is 9.84 Å². The van der Waals surface area contributed by atoms with Gasteiger partial charge in [0.05, 0.1) is 12.0 Å². The van der Waals surface area contributed by atoms with Crippen LogP contribution in [-0.4, -0.2) is 35.2 Å². The Balaban J connectivity index is 2.53. The maximum absolute atomic E-state index is 14.1. The van der Waals surface area contributed by atoms with Gasteiger partial charge >= 0.3 is 12.1 Å². The summed E-state index contributed by atoms with van der Waals surface area (Å²) in [4.78, 5) is 11.5. The van der Waals surface area contributed by atoms with Crippen LogP contribution in [0.1, 0.15) is 30.8 Å². The van der Waals surface area contributed by atoms with Gasteiger partial charge < -0.3 is 4.74 Å². The van der Waals surface area contributed by atoms with Gasteiger partial charge in [-0.3, -0.25) is 13.9 Å². The molecule has 1 heterocycles. The second kappa shape index (κ2) is 5.51. The van der Waals surface area contributed by atoms with Gasteiger partial charge in [-0.15, -0.1) is 0 Å². The Morgan fingerprint density at radius 3 is 2.64 bits per heavy atom. The molecule has 0 N–H and O–H groups in total. The fourth-order valence-electron chi connectivity index (χ4n) is 2.66. The zero-order valence-electron chi connectivity index (χ0n) is 12.0. The van der Waals surface area contributed by atoms with E-state index in [1.165, 1.54) is 0 Å². The first-order valence-corrected chi connectivity index (χ1v) is 6.68. The quantitative estimate of drug-likeness (QED) is 0.631. The second-order valence-electron chi connectivity index (χ2n) is 5.35. The Bertz CT molecular complexity index is 584. The first-order valence-electron chi connectivity index (χ1n) is 6.68. The Morgan fingerprint density at radius 1 is 1.50 bits per heavy atom. The summed E-state index contributed by atoms with van der Waals surface area (Å²) < 4.78 is 72.1. The lowest BCUT2D eigenvalue weighted by atomic mass is 9.84. The second-order valence-corrected chi connectivity index (χ2v) is 5.35. The molecule has 0 saturated carbocycles. The number of fused-ring (bicyclic) bond motifs is 1. The molecule has 0 aromatic carbocycles. The van der Waals surface area contributed by atoms with Crippen molar-refractivity contribution in [2.75, 3.05) is 13.3 Å². The van der Waals surface area contributed by atoms with Gasteiger partial charge in [-0.05, 0) is 6.92 Å². The summed E-state index contributed by atoms with van der Waals surface area (Å²) in [6.45, 7) is 0.846. The number of carbonyl (C=O) groups excluding carboxylic acids is 1. The third kappa shape index (κ3) is 2.56. The van der Waals surface area contributed by atoms with Crippen LogP contribution >= 0.6 is 0 Å². The van der Waals surface area contributed by atoms with Crippen LogP contribution in [0.4, 0.5) is 22.0 Å². The number of ether oxygens (including phenoxy) is 1. The van der Waals surface area contributed by atoms with E-state index in [-0.39, 0.29) is 12.3 Å². The van der Waals surface area contributed by atoms with Crippen LogP contribution in [0.15, 0.2) is 0 Å². The lowest BCUT2D eigenvalue weighted by Gasteiger charge is -2.24. The van der Waals surface area contributed by atoms with Crippen LogP contribution in [-0.2, 0) is 34.1 Å². The summed E-state index contributed by atoms with van der Waals surface area (Å²) in [7, 11) is 0. The molecule has 0 radical (unpaired) electrons. The molecule has 0 saturated heterocycles. The number of nitrogens with zero attached hydrogens (tertiary/aromatic N) is 2. The van der Waals surface area contributed by atoms with Gasteiger partial charge in [-0.1, -0.05) is 6.92 Å². The van der Waals surface area contributed by atoms with Crippen molar-refractivity contribution in [3.05, 3.63) is 17.0 Å². The number of hydrogen-bond donors (Lipinski definition) is 0. The van der Waals surface area contributed by atoms with Gasteiger partial charge in [0.2, 0.25) is 0 Å². The summed E-state index contributed by atoms with van der Waals surface area (Å²) in [5, 5.41) is 3.36. The molecule has 4 nitrogen and oxygen atoms in total. The van der Waals surface area contributed by atoms with Crippen molar-refractivity contribution < 1.29 is 31.5 Å². The predicted molar refractivity (Wildman–Crippen MR) is 65.8 cm³/mol. The number of alkyl halides is 5. The standard InChI is InChI=1S/C13H15F5N2O2/c1-3-22-9(21)5-20-7-4-8(15)12(2,6-14)10(7)11(19-20)13(16,17)18/h8H,3-6H2,1-2H3. The van der Waals surface area contributed by atoms with E-state index >= 15 is 0 Å². The molecule has 0 spiro atoms. The molecule has 2 atom stereocenters. The van der Waals surface area contributed by atoms with Crippen LogP contribution in [0.5, 0.6) is 0 Å². The van der Waals surface area contributed by atoms with Crippen molar-refractivity contribution in [3.63, 3.8) is 0 Å². The highest BCUT2D eigenvalue weighted by Gasteiger charge is 2.53. The summed E-state index contributed by atoms with van der Waals surface area (Å²) in [6.07, 6.45) is -7.08. The number of hydrogen-bond acceptors (Lipinski definition) is 3.